The molecule has 1 atom stereocenters. The third kappa shape index (κ3) is 2.71. The van der Waals surface area contributed by atoms with Gasteiger partial charge >= 0.3 is 0 Å². The monoisotopic (exact) mass is 236 g/mol. The predicted molar refractivity (Wildman–Crippen MR) is 69.7 cm³/mol. The molecule has 96 valence electrons. The summed E-state index contributed by atoms with van der Waals surface area (Å²) in [4.78, 5) is 14.6. The summed E-state index contributed by atoms with van der Waals surface area (Å²) in [5.74, 6) is 0.298. The molecule has 17 heavy (non-hydrogen) atoms. The zero-order valence-corrected chi connectivity index (χ0v) is 11.2. The number of hydrogen-bond acceptors (Lipinski definition) is 2. The number of carbonyl (C=O) groups is 1. The van der Waals surface area contributed by atoms with Crippen molar-refractivity contribution in [2.24, 2.45) is 5.41 Å². The number of carbonyl (C=O) groups excluding carboxylic acids is 1. The Morgan fingerprint density at radius 3 is 2.59 bits per heavy atom. The van der Waals surface area contributed by atoms with E-state index in [-0.39, 0.29) is 11.5 Å². The maximum absolute atomic E-state index is 12.5. The van der Waals surface area contributed by atoms with Gasteiger partial charge in [-0.2, -0.15) is 0 Å². The van der Waals surface area contributed by atoms with Crippen LogP contribution in [0.5, 0.6) is 0 Å². The lowest BCUT2D eigenvalue weighted by molar-refractivity contribution is -0.134. The molecule has 3 heteroatoms. The highest BCUT2D eigenvalue weighted by atomic mass is 16.2. The molecule has 1 unspecified atom stereocenters. The Hall–Kier alpha value is -0.830. The SMILES string of the molecule is CNC1CC(C)(C)CCN(C2CC=CC2)C1=O. The molecule has 2 aliphatic rings. The summed E-state index contributed by atoms with van der Waals surface area (Å²) in [5, 5.41) is 3.19. The van der Waals surface area contributed by atoms with Gasteiger partial charge in [-0.05, 0) is 38.1 Å². The lowest BCUT2D eigenvalue weighted by Crippen LogP contribution is -2.48. The molecule has 0 saturated carbocycles. The van der Waals surface area contributed by atoms with Crippen LogP contribution in [0.4, 0.5) is 0 Å². The molecule has 1 aliphatic heterocycles. The van der Waals surface area contributed by atoms with E-state index in [9.17, 15) is 4.79 Å². The number of rotatable bonds is 2. The maximum atomic E-state index is 12.5. The van der Waals surface area contributed by atoms with Crippen LogP contribution in [0, 0.1) is 5.41 Å². The van der Waals surface area contributed by atoms with Crippen molar-refractivity contribution in [1.29, 1.82) is 0 Å². The smallest absolute Gasteiger partial charge is 0.239 e. The second kappa shape index (κ2) is 4.81. The van der Waals surface area contributed by atoms with Gasteiger partial charge in [-0.15, -0.1) is 0 Å². The molecule has 1 amide bonds. The molecule has 0 bridgehead atoms. The second-order valence-corrected chi connectivity index (χ2v) is 6.09. The van der Waals surface area contributed by atoms with Gasteiger partial charge < -0.3 is 10.2 Å². The third-order valence-electron chi connectivity index (χ3n) is 4.14. The van der Waals surface area contributed by atoms with Crippen LogP contribution in [0.3, 0.4) is 0 Å². The van der Waals surface area contributed by atoms with E-state index in [1.54, 1.807) is 0 Å². The highest BCUT2D eigenvalue weighted by Crippen LogP contribution is 2.32. The molecule has 1 saturated heterocycles. The van der Waals surface area contributed by atoms with E-state index in [2.05, 4.69) is 36.2 Å². The molecule has 1 heterocycles. The Balaban J connectivity index is 2.13. The zero-order chi connectivity index (χ0) is 12.5. The van der Waals surface area contributed by atoms with E-state index < -0.39 is 0 Å². The van der Waals surface area contributed by atoms with Crippen molar-refractivity contribution in [3.05, 3.63) is 12.2 Å². The van der Waals surface area contributed by atoms with Gasteiger partial charge in [0.2, 0.25) is 5.91 Å². The average molecular weight is 236 g/mol. The molecule has 1 N–H and O–H groups in total. The van der Waals surface area contributed by atoms with Crippen LogP contribution in [0.1, 0.15) is 39.5 Å². The largest absolute Gasteiger partial charge is 0.338 e. The first-order valence-electron chi connectivity index (χ1n) is 6.66. The normalized spacial score (nSPS) is 29.7. The van der Waals surface area contributed by atoms with Crippen LogP contribution in [0.15, 0.2) is 12.2 Å². The molecule has 2 rings (SSSR count). The Morgan fingerprint density at radius 1 is 1.35 bits per heavy atom. The summed E-state index contributed by atoms with van der Waals surface area (Å²) in [7, 11) is 1.90. The van der Waals surface area contributed by atoms with E-state index in [1.807, 2.05) is 7.05 Å². The molecular weight excluding hydrogens is 212 g/mol. The number of likely N-dealkylation sites (N-methyl/N-ethyl adjacent to an activating group) is 1. The predicted octanol–water partition coefficient (Wildman–Crippen LogP) is 1.94. The van der Waals surface area contributed by atoms with Crippen molar-refractivity contribution >= 4 is 5.91 Å². The van der Waals surface area contributed by atoms with Gasteiger partial charge in [-0.25, -0.2) is 0 Å². The molecule has 1 fully saturated rings. The fraction of sp³-hybridized carbons (Fsp3) is 0.786. The van der Waals surface area contributed by atoms with Gasteiger partial charge in [0.1, 0.15) is 0 Å². The van der Waals surface area contributed by atoms with Gasteiger partial charge in [0.05, 0.1) is 6.04 Å². The number of nitrogens with zero attached hydrogens (tertiary/aromatic N) is 1. The summed E-state index contributed by atoms with van der Waals surface area (Å²) >= 11 is 0. The van der Waals surface area contributed by atoms with Crippen LogP contribution >= 0.6 is 0 Å². The van der Waals surface area contributed by atoms with E-state index in [0.29, 0.717) is 11.9 Å². The van der Waals surface area contributed by atoms with Gasteiger partial charge in [-0.1, -0.05) is 26.0 Å². The Labute approximate surface area is 104 Å². The van der Waals surface area contributed by atoms with E-state index in [0.717, 1.165) is 32.2 Å². The first-order valence-corrected chi connectivity index (χ1v) is 6.66. The second-order valence-electron chi connectivity index (χ2n) is 6.09. The van der Waals surface area contributed by atoms with Crippen molar-refractivity contribution in [2.75, 3.05) is 13.6 Å². The van der Waals surface area contributed by atoms with Gasteiger partial charge in [0.15, 0.2) is 0 Å². The molecule has 0 radical (unpaired) electrons. The maximum Gasteiger partial charge on any atom is 0.239 e. The van der Waals surface area contributed by atoms with Crippen molar-refractivity contribution < 1.29 is 4.79 Å². The van der Waals surface area contributed by atoms with Gasteiger partial charge in [0.25, 0.3) is 0 Å². The number of nitrogens with one attached hydrogen (secondary N) is 1. The topological polar surface area (TPSA) is 32.3 Å². The third-order valence-corrected chi connectivity index (χ3v) is 4.14. The van der Waals surface area contributed by atoms with Crippen LogP contribution in [0.25, 0.3) is 0 Å². The molecule has 0 aromatic carbocycles. The van der Waals surface area contributed by atoms with E-state index >= 15 is 0 Å². The fourth-order valence-electron chi connectivity index (χ4n) is 2.92. The lowest BCUT2D eigenvalue weighted by Gasteiger charge is -2.30. The Kier molecular flexibility index (Phi) is 3.57. The summed E-state index contributed by atoms with van der Waals surface area (Å²) in [6.07, 6.45) is 8.50. The quantitative estimate of drug-likeness (QED) is 0.743. The minimum Gasteiger partial charge on any atom is -0.338 e. The Bertz CT molecular complexity index is 314. The highest BCUT2D eigenvalue weighted by Gasteiger charge is 2.37. The van der Waals surface area contributed by atoms with Crippen molar-refractivity contribution in [3.8, 4) is 0 Å². The van der Waals surface area contributed by atoms with Crippen LogP contribution < -0.4 is 5.32 Å². The van der Waals surface area contributed by atoms with E-state index in [4.69, 9.17) is 0 Å². The lowest BCUT2D eigenvalue weighted by atomic mass is 9.83. The zero-order valence-electron chi connectivity index (χ0n) is 11.2. The minimum atomic E-state index is -0.00639. The summed E-state index contributed by atoms with van der Waals surface area (Å²) in [6, 6.07) is 0.403. The number of amides is 1. The first-order chi connectivity index (χ1) is 8.03. The Morgan fingerprint density at radius 2 is 2.00 bits per heavy atom. The molecule has 0 aromatic rings. The van der Waals surface area contributed by atoms with Crippen molar-refractivity contribution in [2.45, 2.75) is 51.6 Å². The van der Waals surface area contributed by atoms with Crippen LogP contribution in [-0.2, 0) is 4.79 Å². The average Bonchev–Trinajstić information content (AvgIpc) is 2.75. The summed E-state index contributed by atoms with van der Waals surface area (Å²) < 4.78 is 0. The highest BCUT2D eigenvalue weighted by molar-refractivity contribution is 5.82. The summed E-state index contributed by atoms with van der Waals surface area (Å²) in [6.45, 7) is 5.44. The number of hydrogen-bond donors (Lipinski definition) is 1. The first kappa shape index (κ1) is 12.6. The van der Waals surface area contributed by atoms with E-state index in [1.165, 1.54) is 0 Å². The van der Waals surface area contributed by atoms with Crippen LogP contribution in [-0.4, -0.2) is 36.5 Å². The van der Waals surface area contributed by atoms with Crippen molar-refractivity contribution in [3.63, 3.8) is 0 Å². The van der Waals surface area contributed by atoms with Crippen LogP contribution in [0.2, 0.25) is 0 Å². The molecular formula is C14H24N2O. The number of likely N-dealkylation sites (tertiary alicyclic amines) is 1. The van der Waals surface area contributed by atoms with Gasteiger partial charge in [-0.3, -0.25) is 4.79 Å². The van der Waals surface area contributed by atoms with Gasteiger partial charge in [0, 0.05) is 12.6 Å². The summed E-state index contributed by atoms with van der Waals surface area (Å²) in [5.41, 5.74) is 0.254. The minimum absolute atomic E-state index is 0.00639. The molecule has 1 aliphatic carbocycles. The molecule has 0 aromatic heterocycles. The standard InChI is InChI=1S/C14H24N2O/c1-14(2)8-9-16(11-6-4-5-7-11)13(17)12(10-14)15-3/h4-5,11-12,15H,6-10H2,1-3H3. The molecule has 0 spiro atoms. The molecule has 3 nitrogen and oxygen atoms in total. The van der Waals surface area contributed by atoms with Crippen molar-refractivity contribution in [1.82, 2.24) is 10.2 Å². The fourth-order valence-corrected chi connectivity index (χ4v) is 2.92.